The first kappa shape index (κ1) is 35.1. The fraction of sp³-hybridized carbons (Fsp3) is 0.289. The van der Waals surface area contributed by atoms with Crippen molar-refractivity contribution in [2.45, 2.75) is 52.1 Å². The zero-order valence-corrected chi connectivity index (χ0v) is 29.8. The van der Waals surface area contributed by atoms with Crippen LogP contribution in [0.25, 0.3) is 38.1 Å². The van der Waals surface area contributed by atoms with Crippen LogP contribution in [-0.4, -0.2) is 39.6 Å². The summed E-state index contributed by atoms with van der Waals surface area (Å²) in [4.78, 5) is 24.7. The van der Waals surface area contributed by atoms with Gasteiger partial charge in [-0.25, -0.2) is 9.18 Å². The van der Waals surface area contributed by atoms with Crippen molar-refractivity contribution >= 4 is 55.7 Å². The number of guanidine groups is 1. The topological polar surface area (TPSA) is 139 Å². The smallest absolute Gasteiger partial charge is 0.354 e. The zero-order chi connectivity index (χ0) is 35.2. The molecule has 0 bridgehead atoms. The van der Waals surface area contributed by atoms with E-state index in [0.717, 1.165) is 42.5 Å². The number of rotatable bonds is 15. The fourth-order valence-corrected chi connectivity index (χ4v) is 7.12. The Kier molecular flexibility index (Phi) is 11.2. The standard InChI is InChI=1S/C38H42ClFN8OS/c1-23(2)5-3-6-25-17-30(35(40)31(39)18-25)33-19-26-22-48(38(49)47-36(26)46-33)28-11-9-24(10-12-28)20-44-27(13-15-43-37(41)42)21-45-32-7-4-8-34-29(32)14-16-50-34/h4,7-12,14,16-19,22-23,27,44-45H,3,5-6,13,15,20-21H2,1-2H3,(H4,41,42,43)(H,46,47,49)/t27-/m1/s1. The molecule has 12 heteroatoms. The molecule has 6 aromatic rings. The number of thiophene rings is 1. The van der Waals surface area contributed by atoms with Crippen LogP contribution in [0.15, 0.2) is 88.1 Å². The SMILES string of the molecule is CC(C)CCCc1cc(Cl)c(F)c(-c2cc3cn(-c4ccc(CN[C@H](CCN=C(N)N)CNc5cccc6sccc56)cc4)c(=O)nc3[nH]2)c1. The lowest BCUT2D eigenvalue weighted by molar-refractivity contribution is 0.503. The van der Waals surface area contributed by atoms with Gasteiger partial charge in [0, 0.05) is 58.6 Å². The largest absolute Gasteiger partial charge is 0.383 e. The van der Waals surface area contributed by atoms with Crippen molar-refractivity contribution in [2.24, 2.45) is 22.4 Å². The van der Waals surface area contributed by atoms with Gasteiger partial charge in [-0.1, -0.05) is 50.1 Å². The second kappa shape index (κ2) is 15.9. The number of fused-ring (bicyclic) bond motifs is 2. The van der Waals surface area contributed by atoms with Gasteiger partial charge in [-0.15, -0.1) is 11.3 Å². The van der Waals surface area contributed by atoms with Crippen molar-refractivity contribution in [3.8, 4) is 16.9 Å². The molecule has 50 heavy (non-hydrogen) atoms. The number of nitrogens with two attached hydrogens (primary N) is 2. The number of aryl methyl sites for hydroxylation is 1. The average Bonchev–Trinajstić information content (AvgIpc) is 3.74. The van der Waals surface area contributed by atoms with Crippen LogP contribution in [0, 0.1) is 11.7 Å². The normalized spacial score (nSPS) is 12.2. The Labute approximate surface area is 299 Å². The zero-order valence-electron chi connectivity index (χ0n) is 28.2. The summed E-state index contributed by atoms with van der Waals surface area (Å²) >= 11 is 8.02. The Morgan fingerprint density at radius 3 is 2.68 bits per heavy atom. The van der Waals surface area contributed by atoms with E-state index in [9.17, 15) is 4.79 Å². The number of nitrogens with one attached hydrogen (secondary N) is 3. The van der Waals surface area contributed by atoms with Crippen molar-refractivity contribution in [2.75, 3.05) is 18.4 Å². The molecule has 0 aliphatic carbocycles. The molecule has 0 saturated heterocycles. The molecule has 9 nitrogen and oxygen atoms in total. The summed E-state index contributed by atoms with van der Waals surface area (Å²) in [5.41, 5.74) is 15.8. The Bertz CT molecular complexity index is 2170. The van der Waals surface area contributed by atoms with E-state index in [0.29, 0.717) is 53.5 Å². The van der Waals surface area contributed by atoms with Crippen LogP contribution in [0.2, 0.25) is 5.02 Å². The van der Waals surface area contributed by atoms with E-state index in [-0.39, 0.29) is 17.0 Å². The van der Waals surface area contributed by atoms with Crippen molar-refractivity contribution in [1.82, 2.24) is 19.9 Å². The second-order valence-electron chi connectivity index (χ2n) is 13.0. The highest BCUT2D eigenvalue weighted by Gasteiger charge is 2.16. The minimum Gasteiger partial charge on any atom is -0.383 e. The minimum absolute atomic E-state index is 0.0763. The lowest BCUT2D eigenvalue weighted by Gasteiger charge is -2.20. The third-order valence-electron chi connectivity index (χ3n) is 8.75. The van der Waals surface area contributed by atoms with Crippen LogP contribution in [0.4, 0.5) is 10.1 Å². The molecule has 3 aromatic carbocycles. The molecule has 0 radical (unpaired) electrons. The van der Waals surface area contributed by atoms with Gasteiger partial charge in [0.2, 0.25) is 0 Å². The van der Waals surface area contributed by atoms with Crippen molar-refractivity contribution in [3.05, 3.63) is 111 Å². The average molecular weight is 713 g/mol. The maximum absolute atomic E-state index is 15.2. The Morgan fingerprint density at radius 2 is 1.90 bits per heavy atom. The van der Waals surface area contributed by atoms with Crippen LogP contribution < -0.4 is 27.8 Å². The van der Waals surface area contributed by atoms with E-state index in [4.69, 9.17) is 23.1 Å². The van der Waals surface area contributed by atoms with E-state index < -0.39 is 11.5 Å². The van der Waals surface area contributed by atoms with Gasteiger partial charge >= 0.3 is 5.69 Å². The number of H-pyrrole nitrogens is 1. The lowest BCUT2D eigenvalue weighted by Crippen LogP contribution is -2.36. The summed E-state index contributed by atoms with van der Waals surface area (Å²) in [6.07, 6.45) is 5.34. The van der Waals surface area contributed by atoms with E-state index in [1.54, 1.807) is 29.7 Å². The molecule has 1 atom stereocenters. The van der Waals surface area contributed by atoms with Gasteiger partial charge in [0.25, 0.3) is 0 Å². The Hall–Kier alpha value is -4.71. The molecular formula is C38H42ClFN8OS. The predicted octanol–water partition coefficient (Wildman–Crippen LogP) is 7.60. The molecule has 0 aliphatic rings. The monoisotopic (exact) mass is 712 g/mol. The number of aromatic amines is 1. The fourth-order valence-electron chi connectivity index (χ4n) is 6.07. The van der Waals surface area contributed by atoms with Crippen LogP contribution in [0.5, 0.6) is 0 Å². The summed E-state index contributed by atoms with van der Waals surface area (Å²) in [5, 5.41) is 11.3. The van der Waals surface area contributed by atoms with E-state index in [1.807, 2.05) is 30.3 Å². The maximum atomic E-state index is 15.2. The summed E-state index contributed by atoms with van der Waals surface area (Å²) in [5.74, 6) is 0.170. The highest BCUT2D eigenvalue weighted by atomic mass is 35.5. The molecule has 260 valence electrons. The van der Waals surface area contributed by atoms with Crippen LogP contribution in [0.1, 0.15) is 44.2 Å². The molecule has 0 amide bonds. The van der Waals surface area contributed by atoms with Gasteiger partial charge in [0.05, 0.1) is 16.4 Å². The molecule has 7 N–H and O–H groups in total. The van der Waals surface area contributed by atoms with Gasteiger partial charge in [0.15, 0.2) is 11.8 Å². The van der Waals surface area contributed by atoms with Gasteiger partial charge in [-0.05, 0) is 90.2 Å². The number of nitrogens with zero attached hydrogens (tertiary/aromatic N) is 3. The van der Waals surface area contributed by atoms with Crippen LogP contribution >= 0.6 is 22.9 Å². The second-order valence-corrected chi connectivity index (χ2v) is 14.3. The van der Waals surface area contributed by atoms with Crippen molar-refractivity contribution < 1.29 is 4.39 Å². The molecule has 0 spiro atoms. The quantitative estimate of drug-likeness (QED) is 0.0549. The molecule has 0 saturated carbocycles. The molecule has 6 rings (SSSR count). The van der Waals surface area contributed by atoms with E-state index >= 15 is 4.39 Å². The third kappa shape index (κ3) is 8.53. The lowest BCUT2D eigenvalue weighted by atomic mass is 10.00. The van der Waals surface area contributed by atoms with Crippen LogP contribution in [-0.2, 0) is 13.0 Å². The number of hydrogen-bond donors (Lipinski definition) is 5. The number of anilines is 1. The highest BCUT2D eigenvalue weighted by molar-refractivity contribution is 7.17. The Balaban J connectivity index is 1.15. The van der Waals surface area contributed by atoms with Gasteiger partial charge in [0.1, 0.15) is 5.65 Å². The van der Waals surface area contributed by atoms with E-state index in [2.05, 4.69) is 69.1 Å². The summed E-state index contributed by atoms with van der Waals surface area (Å²) in [6.45, 7) is 6.17. The number of hydrogen-bond acceptors (Lipinski definition) is 6. The number of halogens is 2. The van der Waals surface area contributed by atoms with Gasteiger partial charge < -0.3 is 27.1 Å². The third-order valence-corrected chi connectivity index (χ3v) is 9.91. The molecule has 0 fully saturated rings. The van der Waals surface area contributed by atoms with Crippen molar-refractivity contribution in [1.29, 1.82) is 0 Å². The maximum Gasteiger partial charge on any atom is 0.354 e. The Morgan fingerprint density at radius 1 is 1.08 bits per heavy atom. The molecule has 3 aromatic heterocycles. The molecule has 0 aliphatic heterocycles. The first-order valence-corrected chi connectivity index (χ1v) is 18.1. The number of aliphatic imine (C=N–C) groups is 1. The molecule has 0 unspecified atom stereocenters. The van der Waals surface area contributed by atoms with Crippen LogP contribution in [0.3, 0.4) is 0 Å². The highest BCUT2D eigenvalue weighted by Crippen LogP contribution is 2.32. The first-order chi connectivity index (χ1) is 24.1. The molecular weight excluding hydrogens is 671 g/mol. The van der Waals surface area contributed by atoms with Gasteiger partial charge in [-0.2, -0.15) is 4.98 Å². The number of aromatic nitrogens is 3. The minimum atomic E-state index is -0.501. The molecule has 3 heterocycles. The predicted molar refractivity (Wildman–Crippen MR) is 206 cm³/mol. The van der Waals surface area contributed by atoms with Crippen molar-refractivity contribution in [3.63, 3.8) is 0 Å². The first-order valence-electron chi connectivity index (χ1n) is 16.8. The summed E-state index contributed by atoms with van der Waals surface area (Å²) < 4.78 is 17.9. The van der Waals surface area contributed by atoms with Gasteiger partial charge in [-0.3, -0.25) is 9.56 Å². The van der Waals surface area contributed by atoms with E-state index in [1.165, 1.54) is 14.7 Å². The summed E-state index contributed by atoms with van der Waals surface area (Å²) in [6, 6.07) is 21.6. The summed E-state index contributed by atoms with van der Waals surface area (Å²) in [7, 11) is 0. The number of benzene rings is 3.